The average molecular weight is 200 g/mol. The van der Waals surface area contributed by atoms with Crippen molar-refractivity contribution in [2.75, 3.05) is 7.11 Å². The molecule has 0 aliphatic heterocycles. The van der Waals surface area contributed by atoms with Crippen molar-refractivity contribution in [1.29, 1.82) is 0 Å². The van der Waals surface area contributed by atoms with Gasteiger partial charge in [0.2, 0.25) is 0 Å². The van der Waals surface area contributed by atoms with Gasteiger partial charge in [-0.3, -0.25) is 4.79 Å². The Kier molecular flexibility index (Phi) is 2.49. The number of hydrogen-bond donors (Lipinski definition) is 2. The summed E-state index contributed by atoms with van der Waals surface area (Å²) < 4.78 is 4.69. The summed E-state index contributed by atoms with van der Waals surface area (Å²) in [5, 5.41) is 19.4. The molecule has 0 saturated heterocycles. The highest BCUT2D eigenvalue weighted by atomic mass is 16.5. The Morgan fingerprint density at radius 1 is 1.29 bits per heavy atom. The van der Waals surface area contributed by atoms with E-state index in [1.165, 1.54) is 7.11 Å². The van der Waals surface area contributed by atoms with Crippen LogP contribution in [0, 0.1) is 17.8 Å². The maximum Gasteiger partial charge on any atom is 0.309 e. The fraction of sp³-hybridized carbons (Fsp3) is 0.900. The van der Waals surface area contributed by atoms with E-state index in [2.05, 4.69) is 0 Å². The number of ether oxygens (including phenoxy) is 1. The molecule has 0 heterocycles. The third kappa shape index (κ3) is 1.33. The van der Waals surface area contributed by atoms with Gasteiger partial charge >= 0.3 is 5.97 Å². The minimum atomic E-state index is -0.744. The van der Waals surface area contributed by atoms with Crippen LogP contribution >= 0.6 is 0 Å². The molecule has 4 nitrogen and oxygen atoms in total. The number of methoxy groups -OCH3 is 1. The number of aliphatic hydroxyl groups excluding tert-OH is 2. The van der Waals surface area contributed by atoms with Crippen molar-refractivity contribution in [2.24, 2.45) is 17.8 Å². The first-order valence-electron chi connectivity index (χ1n) is 5.09. The van der Waals surface area contributed by atoms with Crippen molar-refractivity contribution in [3.05, 3.63) is 0 Å². The Balaban J connectivity index is 2.14. The molecular formula is C10H16O4. The van der Waals surface area contributed by atoms with E-state index in [0.717, 1.165) is 12.8 Å². The maximum atomic E-state index is 11.4. The zero-order chi connectivity index (χ0) is 10.3. The number of esters is 1. The van der Waals surface area contributed by atoms with E-state index in [4.69, 9.17) is 4.74 Å². The lowest BCUT2D eigenvalue weighted by Crippen LogP contribution is -2.53. The summed E-state index contributed by atoms with van der Waals surface area (Å²) in [7, 11) is 1.37. The Labute approximate surface area is 82.9 Å². The van der Waals surface area contributed by atoms with Gasteiger partial charge < -0.3 is 14.9 Å². The van der Waals surface area contributed by atoms with Crippen molar-refractivity contribution in [1.82, 2.24) is 0 Å². The Morgan fingerprint density at radius 3 is 2.57 bits per heavy atom. The SMILES string of the molecule is COC(=O)[C@H]1C[C@H]2CC[C@@H]1[C@H](O)[C@@H]2O. The van der Waals surface area contributed by atoms with Gasteiger partial charge in [-0.2, -0.15) is 0 Å². The van der Waals surface area contributed by atoms with Gasteiger partial charge in [-0.15, -0.1) is 0 Å². The lowest BCUT2D eigenvalue weighted by molar-refractivity contribution is -0.170. The van der Waals surface area contributed by atoms with Crippen molar-refractivity contribution in [3.63, 3.8) is 0 Å². The summed E-state index contributed by atoms with van der Waals surface area (Å²) in [5.74, 6) is -0.496. The second-order valence-corrected chi connectivity index (χ2v) is 4.35. The molecule has 0 amide bonds. The lowest BCUT2D eigenvalue weighted by Gasteiger charge is -2.47. The molecule has 80 valence electrons. The first-order chi connectivity index (χ1) is 6.65. The van der Waals surface area contributed by atoms with E-state index in [0.29, 0.717) is 6.42 Å². The van der Waals surface area contributed by atoms with Gasteiger partial charge in [0, 0.05) is 5.92 Å². The van der Waals surface area contributed by atoms with Crippen LogP contribution < -0.4 is 0 Å². The van der Waals surface area contributed by atoms with Crippen LogP contribution in [0.3, 0.4) is 0 Å². The molecule has 0 spiro atoms. The minimum Gasteiger partial charge on any atom is -0.469 e. The van der Waals surface area contributed by atoms with Gasteiger partial charge in [0.25, 0.3) is 0 Å². The summed E-state index contributed by atoms with van der Waals surface area (Å²) >= 11 is 0. The predicted molar refractivity (Wildman–Crippen MR) is 48.4 cm³/mol. The van der Waals surface area contributed by atoms with Gasteiger partial charge in [0.05, 0.1) is 25.2 Å². The molecule has 3 saturated carbocycles. The zero-order valence-corrected chi connectivity index (χ0v) is 8.22. The van der Waals surface area contributed by atoms with Gasteiger partial charge in [0.1, 0.15) is 0 Å². The number of aliphatic hydroxyl groups is 2. The Hall–Kier alpha value is -0.610. The number of rotatable bonds is 1. The molecule has 0 aromatic carbocycles. The number of fused-ring (bicyclic) bond motifs is 3. The fourth-order valence-corrected chi connectivity index (χ4v) is 2.90. The van der Waals surface area contributed by atoms with Crippen molar-refractivity contribution < 1.29 is 19.7 Å². The molecule has 2 bridgehead atoms. The van der Waals surface area contributed by atoms with Crippen molar-refractivity contribution in [2.45, 2.75) is 31.5 Å². The lowest BCUT2D eigenvalue weighted by atomic mass is 9.62. The standard InChI is InChI=1S/C10H16O4/c1-14-10(13)7-4-5-2-3-6(7)9(12)8(5)11/h5-9,11-12H,2-4H2,1H3/t5-,6+,7+,8-,9+/m1/s1. The first kappa shape index (κ1) is 9.93. The Morgan fingerprint density at radius 2 is 2.00 bits per heavy atom. The summed E-state index contributed by atoms with van der Waals surface area (Å²) in [6, 6.07) is 0. The molecule has 0 unspecified atom stereocenters. The van der Waals surface area contributed by atoms with Crippen LogP contribution in [0.5, 0.6) is 0 Å². The minimum absolute atomic E-state index is 0.0686. The van der Waals surface area contributed by atoms with Gasteiger partial charge in [-0.05, 0) is 25.2 Å². The Bertz CT molecular complexity index is 238. The third-order valence-corrected chi connectivity index (χ3v) is 3.72. The molecule has 3 fully saturated rings. The first-order valence-corrected chi connectivity index (χ1v) is 5.09. The van der Waals surface area contributed by atoms with Gasteiger partial charge in [0.15, 0.2) is 0 Å². The summed E-state index contributed by atoms with van der Waals surface area (Å²) in [6.45, 7) is 0. The molecule has 3 aliphatic rings. The van der Waals surface area contributed by atoms with Crippen LogP contribution in [-0.2, 0) is 9.53 Å². The number of hydrogen-bond acceptors (Lipinski definition) is 4. The zero-order valence-electron chi connectivity index (χ0n) is 8.22. The highest BCUT2D eigenvalue weighted by Gasteiger charge is 2.50. The molecule has 14 heavy (non-hydrogen) atoms. The van der Waals surface area contributed by atoms with Crippen LogP contribution in [0.25, 0.3) is 0 Å². The second kappa shape index (κ2) is 3.51. The monoisotopic (exact) mass is 200 g/mol. The smallest absolute Gasteiger partial charge is 0.309 e. The van der Waals surface area contributed by atoms with Crippen LogP contribution in [0.4, 0.5) is 0 Å². The van der Waals surface area contributed by atoms with Crippen molar-refractivity contribution >= 4 is 5.97 Å². The molecule has 3 rings (SSSR count). The largest absolute Gasteiger partial charge is 0.469 e. The molecule has 4 heteroatoms. The van der Waals surface area contributed by atoms with E-state index in [9.17, 15) is 15.0 Å². The molecule has 3 aliphatic carbocycles. The quantitative estimate of drug-likeness (QED) is 0.581. The van der Waals surface area contributed by atoms with Crippen LogP contribution in [-0.4, -0.2) is 35.5 Å². The highest BCUT2D eigenvalue weighted by molar-refractivity contribution is 5.73. The molecule has 0 aromatic rings. The van der Waals surface area contributed by atoms with Gasteiger partial charge in [-0.1, -0.05) is 0 Å². The van der Waals surface area contributed by atoms with Crippen LogP contribution in [0.15, 0.2) is 0 Å². The number of carbonyl (C=O) groups excluding carboxylic acids is 1. The van der Waals surface area contributed by atoms with E-state index in [-0.39, 0.29) is 23.7 Å². The number of carbonyl (C=O) groups is 1. The normalized spacial score (nSPS) is 46.4. The molecule has 0 radical (unpaired) electrons. The second-order valence-electron chi connectivity index (χ2n) is 4.35. The fourth-order valence-electron chi connectivity index (χ4n) is 2.90. The van der Waals surface area contributed by atoms with E-state index < -0.39 is 12.2 Å². The topological polar surface area (TPSA) is 66.8 Å². The highest BCUT2D eigenvalue weighted by Crippen LogP contribution is 2.45. The predicted octanol–water partition coefficient (Wildman–Crippen LogP) is -0.0727. The molecule has 0 aromatic heterocycles. The van der Waals surface area contributed by atoms with Crippen molar-refractivity contribution in [3.8, 4) is 0 Å². The van der Waals surface area contributed by atoms with Gasteiger partial charge in [-0.25, -0.2) is 0 Å². The van der Waals surface area contributed by atoms with Crippen LogP contribution in [0.1, 0.15) is 19.3 Å². The summed E-state index contributed by atoms with van der Waals surface area (Å²) in [6.07, 6.45) is 1.01. The van der Waals surface area contributed by atoms with E-state index >= 15 is 0 Å². The van der Waals surface area contributed by atoms with E-state index in [1.807, 2.05) is 0 Å². The summed E-state index contributed by atoms with van der Waals surface area (Å²) in [4.78, 5) is 11.4. The molecule has 2 N–H and O–H groups in total. The molecule has 5 atom stereocenters. The average Bonchev–Trinajstić information content (AvgIpc) is 2.23. The summed E-state index contributed by atoms with van der Waals surface area (Å²) in [5.41, 5.74) is 0. The maximum absolute atomic E-state index is 11.4. The van der Waals surface area contributed by atoms with E-state index in [1.54, 1.807) is 0 Å². The van der Waals surface area contributed by atoms with Crippen LogP contribution in [0.2, 0.25) is 0 Å². The third-order valence-electron chi connectivity index (χ3n) is 3.72. The molecular weight excluding hydrogens is 184 g/mol.